The maximum Gasteiger partial charge on any atom is 0.336 e. The quantitative estimate of drug-likeness (QED) is 0.509. The van der Waals surface area contributed by atoms with E-state index in [2.05, 4.69) is 10.0 Å². The highest BCUT2D eigenvalue weighted by atomic mass is 16.4. The van der Waals surface area contributed by atoms with Crippen LogP contribution >= 0.6 is 0 Å². The Morgan fingerprint density at radius 3 is 2.42 bits per heavy atom. The molecule has 0 radical (unpaired) electrons. The molecule has 0 saturated heterocycles. The van der Waals surface area contributed by atoms with Crippen LogP contribution in [0.15, 0.2) is 53.6 Å². The van der Waals surface area contributed by atoms with Gasteiger partial charge in [0.25, 0.3) is 0 Å². The average Bonchev–Trinajstić information content (AvgIpc) is 2.45. The van der Waals surface area contributed by atoms with Crippen molar-refractivity contribution in [2.24, 2.45) is 5.11 Å². The van der Waals surface area contributed by atoms with Crippen LogP contribution in [0.2, 0.25) is 0 Å². The Labute approximate surface area is 109 Å². The molecule has 0 bridgehead atoms. The van der Waals surface area contributed by atoms with Crippen LogP contribution in [0.25, 0.3) is 21.6 Å². The van der Waals surface area contributed by atoms with Crippen LogP contribution in [0.1, 0.15) is 15.9 Å². The predicted molar refractivity (Wildman–Crippen MR) is 71.7 cm³/mol. The van der Waals surface area contributed by atoms with Crippen molar-refractivity contribution >= 4 is 5.97 Å². The molecule has 5 heteroatoms. The molecule has 0 spiro atoms. The minimum absolute atomic E-state index is 0.195. The van der Waals surface area contributed by atoms with Gasteiger partial charge in [0.05, 0.1) is 12.1 Å². The molecule has 19 heavy (non-hydrogen) atoms. The first-order valence-corrected chi connectivity index (χ1v) is 5.65. The van der Waals surface area contributed by atoms with E-state index >= 15 is 0 Å². The summed E-state index contributed by atoms with van der Waals surface area (Å²) in [7, 11) is 0. The molecular weight excluding hydrogens is 242 g/mol. The van der Waals surface area contributed by atoms with Gasteiger partial charge >= 0.3 is 5.97 Å². The van der Waals surface area contributed by atoms with Gasteiger partial charge in [0.2, 0.25) is 0 Å². The van der Waals surface area contributed by atoms with E-state index in [1.54, 1.807) is 24.3 Å². The number of aromatic carboxylic acids is 1. The van der Waals surface area contributed by atoms with E-state index in [1.165, 1.54) is 0 Å². The fourth-order valence-electron chi connectivity index (χ4n) is 1.93. The van der Waals surface area contributed by atoms with Gasteiger partial charge in [-0.3, -0.25) is 0 Å². The van der Waals surface area contributed by atoms with E-state index in [-0.39, 0.29) is 12.1 Å². The van der Waals surface area contributed by atoms with Crippen LogP contribution in [0.4, 0.5) is 0 Å². The van der Waals surface area contributed by atoms with E-state index in [9.17, 15) is 9.90 Å². The van der Waals surface area contributed by atoms with Crippen LogP contribution in [-0.4, -0.2) is 11.1 Å². The molecule has 0 heterocycles. The third-order valence-electron chi connectivity index (χ3n) is 2.77. The molecule has 1 N–H and O–H groups in total. The second-order valence-electron chi connectivity index (χ2n) is 3.90. The minimum atomic E-state index is -0.978. The fourth-order valence-corrected chi connectivity index (χ4v) is 1.93. The van der Waals surface area contributed by atoms with Crippen molar-refractivity contribution in [1.82, 2.24) is 0 Å². The van der Waals surface area contributed by atoms with E-state index in [0.717, 1.165) is 11.1 Å². The number of benzene rings is 2. The summed E-state index contributed by atoms with van der Waals surface area (Å²) in [6, 6.07) is 14.1. The molecule has 94 valence electrons. The Morgan fingerprint density at radius 1 is 1.11 bits per heavy atom. The van der Waals surface area contributed by atoms with Crippen molar-refractivity contribution in [2.75, 3.05) is 0 Å². The summed E-state index contributed by atoms with van der Waals surface area (Å²) < 4.78 is 0. The van der Waals surface area contributed by atoms with Crippen molar-refractivity contribution in [1.29, 1.82) is 0 Å². The van der Waals surface area contributed by atoms with Crippen molar-refractivity contribution in [3.05, 3.63) is 70.1 Å². The minimum Gasteiger partial charge on any atom is -0.478 e. The van der Waals surface area contributed by atoms with E-state index in [0.29, 0.717) is 5.56 Å². The van der Waals surface area contributed by atoms with Crippen LogP contribution in [0, 0.1) is 0 Å². The first kappa shape index (κ1) is 12.7. The normalized spacial score (nSPS) is 9.68. The Balaban J connectivity index is 2.59. The topological polar surface area (TPSA) is 86.1 Å². The van der Waals surface area contributed by atoms with Crippen LogP contribution in [0.5, 0.6) is 0 Å². The third kappa shape index (κ3) is 2.73. The van der Waals surface area contributed by atoms with Crippen LogP contribution < -0.4 is 0 Å². The Kier molecular flexibility index (Phi) is 3.81. The van der Waals surface area contributed by atoms with Crippen LogP contribution in [0.3, 0.4) is 0 Å². The summed E-state index contributed by atoms with van der Waals surface area (Å²) in [6.45, 7) is 0.195. The molecule has 0 amide bonds. The Morgan fingerprint density at radius 2 is 1.74 bits per heavy atom. The van der Waals surface area contributed by atoms with E-state index in [1.807, 2.05) is 24.3 Å². The maximum absolute atomic E-state index is 11.2. The molecule has 0 unspecified atom stereocenters. The predicted octanol–water partition coefficient (Wildman–Crippen LogP) is 3.86. The highest BCUT2D eigenvalue weighted by Crippen LogP contribution is 2.27. The Bertz CT molecular complexity index is 661. The molecule has 0 aliphatic carbocycles. The second-order valence-corrected chi connectivity index (χ2v) is 3.90. The lowest BCUT2D eigenvalue weighted by molar-refractivity contribution is 0.0697. The molecular formula is C14H11N3O2. The van der Waals surface area contributed by atoms with Gasteiger partial charge < -0.3 is 5.11 Å². The molecule has 0 atom stereocenters. The second kappa shape index (κ2) is 5.71. The first-order valence-electron chi connectivity index (χ1n) is 5.65. The van der Waals surface area contributed by atoms with Gasteiger partial charge in [-0.1, -0.05) is 47.6 Å². The van der Waals surface area contributed by atoms with Crippen molar-refractivity contribution < 1.29 is 9.90 Å². The van der Waals surface area contributed by atoms with E-state index < -0.39 is 5.97 Å². The lowest BCUT2D eigenvalue weighted by atomic mass is 9.95. The first-order chi connectivity index (χ1) is 9.24. The molecule has 0 aromatic heterocycles. The van der Waals surface area contributed by atoms with Gasteiger partial charge in [0.15, 0.2) is 0 Å². The number of nitrogens with zero attached hydrogens (tertiary/aromatic N) is 3. The van der Waals surface area contributed by atoms with Crippen molar-refractivity contribution in [2.45, 2.75) is 6.54 Å². The number of carbonyl (C=O) groups is 1. The average molecular weight is 253 g/mol. The summed E-state index contributed by atoms with van der Waals surface area (Å²) in [6.07, 6.45) is 0. The standard InChI is InChI=1S/C14H11N3O2/c15-17-16-9-10-5-1-2-6-11(10)12-7-3-4-8-13(12)14(18)19/h1-8H,9H2,(H,18,19). The van der Waals surface area contributed by atoms with E-state index in [4.69, 9.17) is 5.53 Å². The maximum atomic E-state index is 11.2. The monoisotopic (exact) mass is 253 g/mol. The smallest absolute Gasteiger partial charge is 0.336 e. The number of hydrogen-bond acceptors (Lipinski definition) is 2. The highest BCUT2D eigenvalue weighted by molar-refractivity contribution is 5.96. The number of rotatable bonds is 4. The summed E-state index contributed by atoms with van der Waals surface area (Å²) in [5.41, 5.74) is 10.8. The lowest BCUT2D eigenvalue weighted by Gasteiger charge is -2.10. The zero-order valence-corrected chi connectivity index (χ0v) is 10.0. The van der Waals surface area contributed by atoms with Crippen molar-refractivity contribution in [3.63, 3.8) is 0 Å². The molecule has 2 aromatic rings. The largest absolute Gasteiger partial charge is 0.478 e. The third-order valence-corrected chi connectivity index (χ3v) is 2.77. The summed E-state index contributed by atoms with van der Waals surface area (Å²) in [5, 5.41) is 12.7. The molecule has 2 rings (SSSR count). The zero-order chi connectivity index (χ0) is 13.7. The number of carboxylic acid groups (broad SMARTS) is 1. The van der Waals surface area contributed by atoms with Gasteiger partial charge in [0.1, 0.15) is 0 Å². The van der Waals surface area contributed by atoms with Gasteiger partial charge in [0, 0.05) is 4.91 Å². The highest BCUT2D eigenvalue weighted by Gasteiger charge is 2.12. The number of azide groups is 1. The van der Waals surface area contributed by atoms with Crippen LogP contribution in [-0.2, 0) is 6.54 Å². The summed E-state index contributed by atoms with van der Waals surface area (Å²) >= 11 is 0. The van der Waals surface area contributed by atoms with Crippen molar-refractivity contribution in [3.8, 4) is 11.1 Å². The molecule has 0 aliphatic heterocycles. The molecule has 5 nitrogen and oxygen atoms in total. The summed E-state index contributed by atoms with van der Waals surface area (Å²) in [5.74, 6) is -0.978. The number of carboxylic acids is 1. The Hall–Kier alpha value is -2.78. The fraction of sp³-hybridized carbons (Fsp3) is 0.0714. The SMILES string of the molecule is [N-]=[N+]=NCc1ccccc1-c1ccccc1C(=O)O. The summed E-state index contributed by atoms with van der Waals surface area (Å²) in [4.78, 5) is 14.0. The molecule has 0 aliphatic rings. The number of hydrogen-bond donors (Lipinski definition) is 1. The van der Waals surface area contributed by atoms with Gasteiger partial charge in [-0.2, -0.15) is 0 Å². The molecule has 0 saturated carbocycles. The zero-order valence-electron chi connectivity index (χ0n) is 10.0. The van der Waals surface area contributed by atoms with Gasteiger partial charge in [-0.15, -0.1) is 0 Å². The van der Waals surface area contributed by atoms with Gasteiger partial charge in [-0.25, -0.2) is 4.79 Å². The molecule has 0 fully saturated rings. The lowest BCUT2D eigenvalue weighted by Crippen LogP contribution is -2.00. The van der Waals surface area contributed by atoms with Gasteiger partial charge in [-0.05, 0) is 28.3 Å². The molecule has 2 aromatic carbocycles.